The summed E-state index contributed by atoms with van der Waals surface area (Å²) in [6.45, 7) is 0.358. The SMILES string of the molecule is O=C(NCc1cccc(Br)c1)Nc1cncc(C(=O)O)c1. The average Bonchev–Trinajstić information content (AvgIpc) is 2.45. The highest BCUT2D eigenvalue weighted by molar-refractivity contribution is 9.10. The number of carboxylic acids is 1. The van der Waals surface area contributed by atoms with Gasteiger partial charge in [-0.2, -0.15) is 0 Å². The van der Waals surface area contributed by atoms with Crippen LogP contribution < -0.4 is 10.6 Å². The maximum absolute atomic E-state index is 11.7. The minimum absolute atomic E-state index is 0.0137. The van der Waals surface area contributed by atoms with Crippen LogP contribution in [0.25, 0.3) is 0 Å². The summed E-state index contributed by atoms with van der Waals surface area (Å²) in [5.41, 5.74) is 1.28. The number of carboxylic acid groups (broad SMARTS) is 1. The first kappa shape index (κ1) is 15.0. The molecule has 0 aliphatic rings. The molecule has 0 spiro atoms. The lowest BCUT2D eigenvalue weighted by Crippen LogP contribution is -2.28. The molecule has 2 aromatic rings. The Morgan fingerprint density at radius 3 is 2.76 bits per heavy atom. The molecule has 1 aromatic carbocycles. The van der Waals surface area contributed by atoms with Gasteiger partial charge in [-0.3, -0.25) is 4.98 Å². The Kier molecular flexibility index (Phi) is 4.89. The normalized spacial score (nSPS) is 9.95. The summed E-state index contributed by atoms with van der Waals surface area (Å²) in [7, 11) is 0. The van der Waals surface area contributed by atoms with Crippen molar-refractivity contribution >= 4 is 33.6 Å². The number of halogens is 1. The molecule has 0 radical (unpaired) electrons. The van der Waals surface area contributed by atoms with E-state index < -0.39 is 12.0 Å². The van der Waals surface area contributed by atoms with Crippen molar-refractivity contribution in [2.45, 2.75) is 6.54 Å². The van der Waals surface area contributed by atoms with Crippen LogP contribution in [0.15, 0.2) is 47.2 Å². The number of amides is 2. The molecule has 0 aliphatic carbocycles. The minimum atomic E-state index is -1.10. The first-order valence-electron chi connectivity index (χ1n) is 6.02. The second-order valence-electron chi connectivity index (χ2n) is 4.21. The highest BCUT2D eigenvalue weighted by Gasteiger charge is 2.06. The van der Waals surface area contributed by atoms with E-state index in [-0.39, 0.29) is 5.56 Å². The number of aromatic carboxylic acids is 1. The topological polar surface area (TPSA) is 91.3 Å². The summed E-state index contributed by atoms with van der Waals surface area (Å²) >= 11 is 3.35. The van der Waals surface area contributed by atoms with Crippen molar-refractivity contribution in [1.82, 2.24) is 10.3 Å². The maximum atomic E-state index is 11.7. The third-order valence-corrected chi connectivity index (χ3v) is 3.08. The van der Waals surface area contributed by atoms with Crippen LogP contribution in [0.4, 0.5) is 10.5 Å². The molecule has 2 amide bonds. The summed E-state index contributed by atoms with van der Waals surface area (Å²) in [4.78, 5) is 26.3. The minimum Gasteiger partial charge on any atom is -0.478 e. The van der Waals surface area contributed by atoms with Gasteiger partial charge in [-0.1, -0.05) is 28.1 Å². The Bertz CT molecular complexity index is 676. The Labute approximate surface area is 129 Å². The fourth-order valence-electron chi connectivity index (χ4n) is 1.63. The molecule has 0 bridgehead atoms. The van der Waals surface area contributed by atoms with Gasteiger partial charge in [-0.25, -0.2) is 9.59 Å². The lowest BCUT2D eigenvalue weighted by atomic mass is 10.2. The summed E-state index contributed by atoms with van der Waals surface area (Å²) in [6.07, 6.45) is 2.60. The molecule has 3 N–H and O–H groups in total. The second kappa shape index (κ2) is 6.85. The maximum Gasteiger partial charge on any atom is 0.337 e. The smallest absolute Gasteiger partial charge is 0.337 e. The number of nitrogens with zero attached hydrogens (tertiary/aromatic N) is 1. The summed E-state index contributed by atoms with van der Waals surface area (Å²) in [5.74, 6) is -1.10. The van der Waals surface area contributed by atoms with Gasteiger partial charge >= 0.3 is 12.0 Å². The number of pyridine rings is 1. The number of carbonyl (C=O) groups is 2. The summed E-state index contributed by atoms with van der Waals surface area (Å²) in [5, 5.41) is 14.1. The Balaban J connectivity index is 1.93. The van der Waals surface area contributed by atoms with E-state index in [1.807, 2.05) is 24.3 Å². The van der Waals surface area contributed by atoms with Crippen molar-refractivity contribution in [3.8, 4) is 0 Å². The van der Waals surface area contributed by atoms with E-state index in [0.29, 0.717) is 12.2 Å². The highest BCUT2D eigenvalue weighted by Crippen LogP contribution is 2.11. The number of benzene rings is 1. The molecule has 0 atom stereocenters. The number of carbonyl (C=O) groups excluding carboxylic acids is 1. The zero-order valence-electron chi connectivity index (χ0n) is 10.8. The number of hydrogen-bond donors (Lipinski definition) is 3. The fourth-order valence-corrected chi connectivity index (χ4v) is 2.08. The largest absolute Gasteiger partial charge is 0.478 e. The van der Waals surface area contributed by atoms with Crippen LogP contribution >= 0.6 is 15.9 Å². The lowest BCUT2D eigenvalue weighted by molar-refractivity contribution is 0.0696. The van der Waals surface area contributed by atoms with E-state index in [1.54, 1.807) is 0 Å². The molecule has 108 valence electrons. The van der Waals surface area contributed by atoms with E-state index in [1.165, 1.54) is 18.5 Å². The standard InChI is InChI=1S/C14H12BrN3O3/c15-11-3-1-2-9(4-11)6-17-14(21)18-12-5-10(13(19)20)7-16-8-12/h1-5,7-8H,6H2,(H,19,20)(H2,17,18,21). The van der Waals surface area contributed by atoms with E-state index in [9.17, 15) is 9.59 Å². The van der Waals surface area contributed by atoms with Gasteiger partial charge < -0.3 is 15.7 Å². The third-order valence-electron chi connectivity index (χ3n) is 2.59. The summed E-state index contributed by atoms with van der Waals surface area (Å²) < 4.78 is 0.931. The number of anilines is 1. The number of aromatic nitrogens is 1. The lowest BCUT2D eigenvalue weighted by Gasteiger charge is -2.08. The number of hydrogen-bond acceptors (Lipinski definition) is 3. The average molecular weight is 350 g/mol. The molecule has 21 heavy (non-hydrogen) atoms. The molecule has 7 heteroatoms. The highest BCUT2D eigenvalue weighted by atomic mass is 79.9. The van der Waals surface area contributed by atoms with E-state index in [0.717, 1.165) is 10.0 Å². The van der Waals surface area contributed by atoms with Gasteiger partial charge in [0, 0.05) is 17.2 Å². The predicted molar refractivity (Wildman–Crippen MR) is 81.2 cm³/mol. The van der Waals surface area contributed by atoms with Crippen molar-refractivity contribution in [2.75, 3.05) is 5.32 Å². The number of nitrogens with one attached hydrogen (secondary N) is 2. The Morgan fingerprint density at radius 2 is 2.05 bits per heavy atom. The zero-order chi connectivity index (χ0) is 15.2. The molecule has 1 aromatic heterocycles. The molecule has 6 nitrogen and oxygen atoms in total. The number of rotatable bonds is 4. The Hall–Kier alpha value is -2.41. The van der Waals surface area contributed by atoms with Crippen LogP contribution in [-0.2, 0) is 6.54 Å². The van der Waals surface area contributed by atoms with E-state index in [4.69, 9.17) is 5.11 Å². The van der Waals surface area contributed by atoms with Crippen LogP contribution in [0, 0.1) is 0 Å². The van der Waals surface area contributed by atoms with Gasteiger partial charge in [0.25, 0.3) is 0 Å². The van der Waals surface area contributed by atoms with Crippen molar-refractivity contribution in [3.63, 3.8) is 0 Å². The van der Waals surface area contributed by atoms with Gasteiger partial charge in [0.15, 0.2) is 0 Å². The van der Waals surface area contributed by atoms with Gasteiger partial charge in [0.1, 0.15) is 0 Å². The molecule has 1 heterocycles. The fraction of sp³-hybridized carbons (Fsp3) is 0.0714. The van der Waals surface area contributed by atoms with Crippen LogP contribution in [0.3, 0.4) is 0 Å². The van der Waals surface area contributed by atoms with Gasteiger partial charge in [0.05, 0.1) is 17.4 Å². The van der Waals surface area contributed by atoms with E-state index >= 15 is 0 Å². The van der Waals surface area contributed by atoms with Gasteiger partial charge in [-0.05, 0) is 23.8 Å². The molecule has 2 rings (SSSR count). The monoisotopic (exact) mass is 349 g/mol. The first-order valence-corrected chi connectivity index (χ1v) is 6.81. The van der Waals surface area contributed by atoms with Crippen molar-refractivity contribution in [2.24, 2.45) is 0 Å². The predicted octanol–water partition coefficient (Wildman–Crippen LogP) is 2.86. The van der Waals surface area contributed by atoms with Crippen molar-refractivity contribution in [3.05, 3.63) is 58.3 Å². The van der Waals surface area contributed by atoms with Crippen LogP contribution in [0.1, 0.15) is 15.9 Å². The molecule has 0 aliphatic heterocycles. The van der Waals surface area contributed by atoms with Crippen molar-refractivity contribution in [1.29, 1.82) is 0 Å². The molecular formula is C14H12BrN3O3. The molecule has 0 fully saturated rings. The van der Waals surface area contributed by atoms with E-state index in [2.05, 4.69) is 31.5 Å². The third kappa shape index (κ3) is 4.57. The van der Waals surface area contributed by atoms with Crippen LogP contribution in [0.2, 0.25) is 0 Å². The van der Waals surface area contributed by atoms with Gasteiger partial charge in [-0.15, -0.1) is 0 Å². The van der Waals surface area contributed by atoms with Crippen LogP contribution in [-0.4, -0.2) is 22.1 Å². The van der Waals surface area contributed by atoms with Crippen molar-refractivity contribution < 1.29 is 14.7 Å². The molecule has 0 saturated carbocycles. The number of urea groups is 1. The zero-order valence-corrected chi connectivity index (χ0v) is 12.4. The first-order chi connectivity index (χ1) is 10.0. The van der Waals surface area contributed by atoms with Crippen LogP contribution in [0.5, 0.6) is 0 Å². The molecule has 0 saturated heterocycles. The second-order valence-corrected chi connectivity index (χ2v) is 5.12. The molecule has 0 unspecified atom stereocenters. The quantitative estimate of drug-likeness (QED) is 0.791. The van der Waals surface area contributed by atoms with Gasteiger partial charge in [0.2, 0.25) is 0 Å². The Morgan fingerprint density at radius 1 is 1.24 bits per heavy atom. The molecular weight excluding hydrogens is 338 g/mol. The summed E-state index contributed by atoms with van der Waals surface area (Å²) in [6, 6.07) is 8.46.